The quantitative estimate of drug-likeness (QED) is 0.776. The number of halogens is 1. The summed E-state index contributed by atoms with van der Waals surface area (Å²) >= 11 is 0. The van der Waals surface area contributed by atoms with Gasteiger partial charge in [0.15, 0.2) is 0 Å². The zero-order chi connectivity index (χ0) is 18.0. The molecule has 2 fully saturated rings. The van der Waals surface area contributed by atoms with Crippen LogP contribution in [0.25, 0.3) is 0 Å². The van der Waals surface area contributed by atoms with Gasteiger partial charge in [0.05, 0.1) is 5.56 Å². The van der Waals surface area contributed by atoms with Crippen molar-refractivity contribution >= 4 is 16.1 Å². The summed E-state index contributed by atoms with van der Waals surface area (Å²) < 4.78 is 38.0. The Morgan fingerprint density at radius 1 is 1.28 bits per heavy atom. The summed E-state index contributed by atoms with van der Waals surface area (Å²) in [6.07, 6.45) is 1.89. The third kappa shape index (κ3) is 4.35. The minimum Gasteiger partial charge on any atom is -0.336 e. The molecule has 0 aliphatic carbocycles. The number of benzene rings is 1. The van der Waals surface area contributed by atoms with E-state index in [-0.39, 0.29) is 31.7 Å². The minimum atomic E-state index is -3.75. The fourth-order valence-corrected chi connectivity index (χ4v) is 4.07. The molecular weight excluding hydrogens is 347 g/mol. The molecule has 2 aliphatic heterocycles. The first kappa shape index (κ1) is 18.2. The fraction of sp³-hybridized carbons (Fsp3) is 0.562. The minimum absolute atomic E-state index is 0.0486. The van der Waals surface area contributed by atoms with E-state index in [1.165, 1.54) is 11.0 Å². The molecule has 0 saturated carbocycles. The Morgan fingerprint density at radius 2 is 2.00 bits per heavy atom. The first-order valence-corrected chi connectivity index (χ1v) is 9.91. The smallest absolute Gasteiger partial charge is 0.277 e. The summed E-state index contributed by atoms with van der Waals surface area (Å²) in [7, 11) is -3.75. The highest BCUT2D eigenvalue weighted by atomic mass is 32.2. The predicted molar refractivity (Wildman–Crippen MR) is 91.7 cm³/mol. The Labute approximate surface area is 147 Å². The number of nitrogens with two attached hydrogens (primary N) is 1. The number of hydrogen-bond acceptors (Lipinski definition) is 4. The first-order chi connectivity index (χ1) is 11.8. The number of carbonyl (C=O) groups is 1. The zero-order valence-electron chi connectivity index (χ0n) is 13.9. The Balaban J connectivity index is 1.69. The van der Waals surface area contributed by atoms with Crippen molar-refractivity contribution in [1.29, 1.82) is 0 Å². The number of amides is 1. The van der Waals surface area contributed by atoms with Gasteiger partial charge >= 0.3 is 0 Å². The highest BCUT2D eigenvalue weighted by Gasteiger charge is 2.28. The number of hydrogen-bond donors (Lipinski definition) is 2. The molecule has 1 atom stereocenters. The average Bonchev–Trinajstić information content (AvgIpc) is 3.08. The van der Waals surface area contributed by atoms with Gasteiger partial charge in [0, 0.05) is 26.2 Å². The highest BCUT2D eigenvalue weighted by molar-refractivity contribution is 7.86. The van der Waals surface area contributed by atoms with Crippen molar-refractivity contribution in [3.63, 3.8) is 0 Å². The molecule has 138 valence electrons. The lowest BCUT2D eigenvalue weighted by molar-refractivity contribution is 0.0693. The molecule has 3 rings (SSSR count). The molecule has 3 N–H and O–H groups in total. The number of nitrogens with zero attached hydrogens (tertiary/aromatic N) is 2. The van der Waals surface area contributed by atoms with Crippen molar-refractivity contribution in [2.45, 2.75) is 12.8 Å². The maximum atomic E-state index is 14.2. The fourth-order valence-electron chi connectivity index (χ4n) is 3.40. The van der Waals surface area contributed by atoms with Crippen LogP contribution in [0.5, 0.6) is 0 Å². The van der Waals surface area contributed by atoms with Crippen molar-refractivity contribution in [3.05, 3.63) is 35.1 Å². The van der Waals surface area contributed by atoms with E-state index in [4.69, 9.17) is 5.14 Å². The maximum Gasteiger partial charge on any atom is 0.277 e. The molecule has 0 bridgehead atoms. The molecular formula is C16H23FN4O3S. The van der Waals surface area contributed by atoms with Crippen LogP contribution >= 0.6 is 0 Å². The van der Waals surface area contributed by atoms with E-state index in [2.05, 4.69) is 5.32 Å². The van der Waals surface area contributed by atoms with Gasteiger partial charge in [0.25, 0.3) is 16.1 Å². The third-order valence-corrected chi connectivity index (χ3v) is 5.92. The predicted octanol–water partition coefficient (Wildman–Crippen LogP) is -0.0610. The standard InChI is InChI=1S/C16H23FN4O3S/c17-15-2-1-12(9-13-3-4-19-11-13)10-14(15)16(22)20-5-7-21(8-6-20)25(18,23)24/h1-2,10,13,19H,3-9,11H2,(H2,18,23,24). The van der Waals surface area contributed by atoms with Crippen LogP contribution in [0.1, 0.15) is 22.3 Å². The molecule has 2 heterocycles. The van der Waals surface area contributed by atoms with Crippen molar-refractivity contribution in [2.24, 2.45) is 11.1 Å². The van der Waals surface area contributed by atoms with E-state index in [1.807, 2.05) is 0 Å². The lowest BCUT2D eigenvalue weighted by atomic mass is 9.97. The van der Waals surface area contributed by atoms with Crippen LogP contribution in [0.4, 0.5) is 4.39 Å². The second kappa shape index (κ2) is 7.36. The lowest BCUT2D eigenvalue weighted by Crippen LogP contribution is -2.52. The van der Waals surface area contributed by atoms with Crippen molar-refractivity contribution in [2.75, 3.05) is 39.3 Å². The number of carbonyl (C=O) groups excluding carboxylic acids is 1. The second-order valence-corrected chi connectivity index (χ2v) is 8.16. The van der Waals surface area contributed by atoms with Gasteiger partial charge in [-0.1, -0.05) is 6.07 Å². The number of piperazine rings is 1. The van der Waals surface area contributed by atoms with E-state index in [0.29, 0.717) is 5.92 Å². The molecule has 9 heteroatoms. The zero-order valence-corrected chi connectivity index (χ0v) is 14.8. The van der Waals surface area contributed by atoms with Crippen LogP contribution in [-0.2, 0) is 16.6 Å². The summed E-state index contributed by atoms with van der Waals surface area (Å²) in [6.45, 7) is 2.58. The van der Waals surface area contributed by atoms with E-state index in [9.17, 15) is 17.6 Å². The van der Waals surface area contributed by atoms with Gasteiger partial charge in [-0.2, -0.15) is 12.7 Å². The van der Waals surface area contributed by atoms with Gasteiger partial charge in [0.2, 0.25) is 0 Å². The van der Waals surface area contributed by atoms with Crippen LogP contribution < -0.4 is 10.5 Å². The summed E-state index contributed by atoms with van der Waals surface area (Å²) in [5.41, 5.74) is 0.995. The third-order valence-electron chi connectivity index (χ3n) is 4.83. The second-order valence-electron chi connectivity index (χ2n) is 6.61. The van der Waals surface area contributed by atoms with Crippen LogP contribution in [-0.4, -0.2) is 62.8 Å². The summed E-state index contributed by atoms with van der Waals surface area (Å²) in [5, 5.41) is 8.39. The maximum absolute atomic E-state index is 14.2. The molecule has 0 radical (unpaired) electrons. The number of nitrogens with one attached hydrogen (secondary N) is 1. The number of rotatable bonds is 4. The topological polar surface area (TPSA) is 95.7 Å². The van der Waals surface area contributed by atoms with E-state index in [0.717, 1.165) is 35.8 Å². The van der Waals surface area contributed by atoms with E-state index >= 15 is 0 Å². The molecule has 1 aromatic carbocycles. The van der Waals surface area contributed by atoms with Gasteiger partial charge in [-0.3, -0.25) is 4.79 Å². The summed E-state index contributed by atoms with van der Waals surface area (Å²) in [6, 6.07) is 4.69. The Bertz CT molecular complexity index is 742. The van der Waals surface area contributed by atoms with Crippen LogP contribution in [0.15, 0.2) is 18.2 Å². The van der Waals surface area contributed by atoms with Gasteiger partial charge in [-0.25, -0.2) is 9.53 Å². The van der Waals surface area contributed by atoms with Gasteiger partial charge in [-0.05, 0) is 49.5 Å². The largest absolute Gasteiger partial charge is 0.336 e. The van der Waals surface area contributed by atoms with E-state index in [1.54, 1.807) is 12.1 Å². The molecule has 1 unspecified atom stereocenters. The summed E-state index contributed by atoms with van der Waals surface area (Å²) in [5.74, 6) is -0.447. The Hall–Kier alpha value is -1.55. The molecule has 1 amide bonds. The molecule has 2 aliphatic rings. The summed E-state index contributed by atoms with van der Waals surface area (Å²) in [4.78, 5) is 14.1. The molecule has 1 aromatic rings. The van der Waals surface area contributed by atoms with Crippen LogP contribution in [0.2, 0.25) is 0 Å². The Morgan fingerprint density at radius 3 is 2.60 bits per heavy atom. The van der Waals surface area contributed by atoms with Crippen LogP contribution in [0, 0.1) is 11.7 Å². The molecule has 2 saturated heterocycles. The lowest BCUT2D eigenvalue weighted by Gasteiger charge is -2.33. The average molecular weight is 370 g/mol. The van der Waals surface area contributed by atoms with Gasteiger partial charge in [0.1, 0.15) is 5.82 Å². The van der Waals surface area contributed by atoms with Crippen molar-refractivity contribution in [3.8, 4) is 0 Å². The van der Waals surface area contributed by atoms with Crippen molar-refractivity contribution < 1.29 is 17.6 Å². The molecule has 25 heavy (non-hydrogen) atoms. The molecule has 0 aromatic heterocycles. The highest BCUT2D eigenvalue weighted by Crippen LogP contribution is 2.20. The molecule has 0 spiro atoms. The van der Waals surface area contributed by atoms with Gasteiger partial charge in [-0.15, -0.1) is 0 Å². The Kier molecular flexibility index (Phi) is 5.38. The SMILES string of the molecule is NS(=O)(=O)N1CCN(C(=O)c2cc(CC3CCNC3)ccc2F)CC1. The van der Waals surface area contributed by atoms with Crippen molar-refractivity contribution in [1.82, 2.24) is 14.5 Å². The normalized spacial score (nSPS) is 22.3. The van der Waals surface area contributed by atoms with Crippen LogP contribution in [0.3, 0.4) is 0 Å². The monoisotopic (exact) mass is 370 g/mol. The molecule has 7 nitrogen and oxygen atoms in total. The van der Waals surface area contributed by atoms with Gasteiger partial charge < -0.3 is 10.2 Å². The first-order valence-electron chi connectivity index (χ1n) is 8.41. The van der Waals surface area contributed by atoms with E-state index < -0.39 is 21.9 Å².